The highest BCUT2D eigenvalue weighted by atomic mass is 16.4. The highest BCUT2D eigenvalue weighted by Crippen LogP contribution is 2.70. The second-order valence-electron chi connectivity index (χ2n) is 7.00. The van der Waals surface area contributed by atoms with Crippen LogP contribution >= 0.6 is 0 Å². The third-order valence-corrected chi connectivity index (χ3v) is 6.18. The van der Waals surface area contributed by atoms with Gasteiger partial charge in [0, 0.05) is 17.5 Å². The van der Waals surface area contributed by atoms with Crippen LogP contribution in [-0.4, -0.2) is 22.7 Å². The number of aliphatic carboxylic acids is 1. The zero-order valence-electron chi connectivity index (χ0n) is 13.0. The van der Waals surface area contributed by atoms with Crippen LogP contribution in [-0.2, 0) is 4.79 Å². The molecule has 2 aliphatic carbocycles. The second kappa shape index (κ2) is 4.44. The Morgan fingerprint density at radius 1 is 1.32 bits per heavy atom. The quantitative estimate of drug-likeness (QED) is 0.840. The summed E-state index contributed by atoms with van der Waals surface area (Å²) in [5, 5.41) is 14.0. The number of amides is 1. The van der Waals surface area contributed by atoms with Crippen molar-refractivity contribution in [3.8, 4) is 0 Å². The van der Waals surface area contributed by atoms with Gasteiger partial charge in [-0.3, -0.25) is 9.59 Å². The van der Waals surface area contributed by atoms with Crippen molar-refractivity contribution in [1.82, 2.24) is 5.43 Å². The largest absolute Gasteiger partial charge is 0.481 e. The molecule has 0 aromatic carbocycles. The Kier molecular flexibility index (Phi) is 2.99. The summed E-state index contributed by atoms with van der Waals surface area (Å²) < 4.78 is 5.02. The molecule has 0 spiro atoms. The minimum absolute atomic E-state index is 0.185. The van der Waals surface area contributed by atoms with Crippen molar-refractivity contribution in [1.29, 1.82) is 0 Å². The Morgan fingerprint density at radius 3 is 2.59 bits per heavy atom. The number of fused-ring (bicyclic) bond motifs is 2. The highest BCUT2D eigenvalue weighted by molar-refractivity contribution is 6.02. The fourth-order valence-electron chi connectivity index (χ4n) is 4.11. The summed E-state index contributed by atoms with van der Waals surface area (Å²) in [4.78, 5) is 23.8. The first kappa shape index (κ1) is 14.8. The van der Waals surface area contributed by atoms with Crippen LogP contribution in [0.1, 0.15) is 50.6 Å². The van der Waals surface area contributed by atoms with Gasteiger partial charge in [0.2, 0.25) is 0 Å². The SMILES string of the molecule is CC12CCC(C(=O)O)(C/C1=N\NC(=O)c1ccco1)C2(C)C. The van der Waals surface area contributed by atoms with E-state index >= 15 is 0 Å². The minimum Gasteiger partial charge on any atom is -0.481 e. The van der Waals surface area contributed by atoms with Gasteiger partial charge in [0.05, 0.1) is 11.7 Å². The van der Waals surface area contributed by atoms with Crippen molar-refractivity contribution in [3.63, 3.8) is 0 Å². The summed E-state index contributed by atoms with van der Waals surface area (Å²) in [5.74, 6) is -1.01. The van der Waals surface area contributed by atoms with Crippen LogP contribution in [0.2, 0.25) is 0 Å². The third-order valence-electron chi connectivity index (χ3n) is 6.18. The topological polar surface area (TPSA) is 91.9 Å². The van der Waals surface area contributed by atoms with E-state index in [2.05, 4.69) is 10.5 Å². The lowest BCUT2D eigenvalue weighted by Crippen LogP contribution is -2.40. The smallest absolute Gasteiger partial charge is 0.310 e. The van der Waals surface area contributed by atoms with Crippen LogP contribution < -0.4 is 5.43 Å². The van der Waals surface area contributed by atoms with E-state index in [-0.39, 0.29) is 11.2 Å². The molecule has 118 valence electrons. The second-order valence-corrected chi connectivity index (χ2v) is 7.00. The van der Waals surface area contributed by atoms with Crippen molar-refractivity contribution in [2.24, 2.45) is 21.3 Å². The average molecular weight is 304 g/mol. The van der Waals surface area contributed by atoms with E-state index in [4.69, 9.17) is 4.42 Å². The molecule has 2 saturated carbocycles. The lowest BCUT2D eigenvalue weighted by Gasteiger charge is -2.37. The molecule has 1 heterocycles. The monoisotopic (exact) mass is 304 g/mol. The first-order chi connectivity index (χ1) is 10.2. The number of nitrogens with one attached hydrogen (secondary N) is 1. The van der Waals surface area contributed by atoms with Gasteiger partial charge in [-0.05, 0) is 30.4 Å². The predicted octanol–water partition coefficient (Wildman–Crippen LogP) is 2.67. The number of hydrogen-bond acceptors (Lipinski definition) is 4. The lowest BCUT2D eigenvalue weighted by atomic mass is 9.65. The van der Waals surface area contributed by atoms with Crippen molar-refractivity contribution >= 4 is 17.6 Å². The number of carbonyl (C=O) groups excluding carboxylic acids is 1. The molecule has 0 saturated heterocycles. The van der Waals surface area contributed by atoms with E-state index in [1.165, 1.54) is 6.26 Å². The Hall–Kier alpha value is -2.11. The zero-order chi connectivity index (χ0) is 16.2. The van der Waals surface area contributed by atoms with Gasteiger partial charge in [0.25, 0.3) is 0 Å². The lowest BCUT2D eigenvalue weighted by molar-refractivity contribution is -0.154. The van der Waals surface area contributed by atoms with Gasteiger partial charge in [-0.2, -0.15) is 5.10 Å². The van der Waals surface area contributed by atoms with E-state index in [1.807, 2.05) is 20.8 Å². The number of hydrazone groups is 1. The van der Waals surface area contributed by atoms with E-state index in [0.29, 0.717) is 12.8 Å². The fraction of sp³-hybridized carbons (Fsp3) is 0.562. The number of furan rings is 1. The summed E-state index contributed by atoms with van der Waals surface area (Å²) in [6.07, 6.45) is 3.21. The molecule has 2 bridgehead atoms. The summed E-state index contributed by atoms with van der Waals surface area (Å²) in [7, 11) is 0. The van der Waals surface area contributed by atoms with Crippen LogP contribution in [0.4, 0.5) is 0 Å². The first-order valence-corrected chi connectivity index (χ1v) is 7.39. The molecule has 1 amide bonds. The molecular formula is C16H20N2O4. The Bertz CT molecular complexity index is 662. The van der Waals surface area contributed by atoms with Gasteiger partial charge in [-0.15, -0.1) is 0 Å². The summed E-state index contributed by atoms with van der Waals surface area (Å²) in [6.45, 7) is 6.03. The third kappa shape index (κ3) is 1.63. The van der Waals surface area contributed by atoms with Crippen molar-refractivity contribution in [2.75, 3.05) is 0 Å². The standard InChI is InChI=1S/C16H20N2O4/c1-14(2)15(3)6-7-16(14,13(20)21)9-11(15)17-18-12(19)10-5-4-8-22-10/h4-5,8H,6-7,9H2,1-3H3,(H,18,19)(H,20,21)/b17-11+. The van der Waals surface area contributed by atoms with Crippen LogP contribution in [0.25, 0.3) is 0 Å². The Labute approximate surface area is 128 Å². The van der Waals surface area contributed by atoms with Crippen LogP contribution in [0.3, 0.4) is 0 Å². The molecule has 2 N–H and O–H groups in total. The number of rotatable bonds is 3. The summed E-state index contributed by atoms with van der Waals surface area (Å²) in [5.41, 5.74) is 1.73. The Morgan fingerprint density at radius 2 is 2.05 bits per heavy atom. The summed E-state index contributed by atoms with van der Waals surface area (Å²) >= 11 is 0. The molecule has 22 heavy (non-hydrogen) atoms. The molecule has 1 aromatic heterocycles. The van der Waals surface area contributed by atoms with Gasteiger partial charge in [-0.25, -0.2) is 5.43 Å². The fourth-order valence-corrected chi connectivity index (χ4v) is 4.11. The maximum Gasteiger partial charge on any atom is 0.310 e. The van der Waals surface area contributed by atoms with Crippen LogP contribution in [0.15, 0.2) is 27.9 Å². The molecule has 2 aliphatic rings. The molecule has 2 atom stereocenters. The molecule has 0 aliphatic heterocycles. The number of carbonyl (C=O) groups is 2. The van der Waals surface area contributed by atoms with Crippen LogP contribution in [0.5, 0.6) is 0 Å². The maximum absolute atomic E-state index is 11.9. The van der Waals surface area contributed by atoms with E-state index in [1.54, 1.807) is 12.1 Å². The molecule has 0 radical (unpaired) electrons. The molecular weight excluding hydrogens is 284 g/mol. The molecule has 1 aromatic rings. The predicted molar refractivity (Wildman–Crippen MR) is 79.4 cm³/mol. The van der Waals surface area contributed by atoms with Gasteiger partial charge in [-0.1, -0.05) is 20.8 Å². The number of hydrogen-bond donors (Lipinski definition) is 2. The number of carboxylic acids is 1. The molecule has 2 unspecified atom stereocenters. The zero-order valence-corrected chi connectivity index (χ0v) is 13.0. The molecule has 2 fully saturated rings. The highest BCUT2D eigenvalue weighted by Gasteiger charge is 2.71. The van der Waals surface area contributed by atoms with Crippen LogP contribution in [0, 0.1) is 16.2 Å². The van der Waals surface area contributed by atoms with E-state index < -0.39 is 22.7 Å². The van der Waals surface area contributed by atoms with E-state index in [9.17, 15) is 14.7 Å². The van der Waals surface area contributed by atoms with Crippen molar-refractivity contribution in [2.45, 2.75) is 40.0 Å². The molecule has 6 nitrogen and oxygen atoms in total. The summed E-state index contributed by atoms with van der Waals surface area (Å²) in [6, 6.07) is 3.18. The maximum atomic E-state index is 11.9. The minimum atomic E-state index is -0.796. The van der Waals surface area contributed by atoms with Gasteiger partial charge in [0.1, 0.15) is 0 Å². The Balaban J connectivity index is 1.89. The van der Waals surface area contributed by atoms with E-state index in [0.717, 1.165) is 12.1 Å². The normalized spacial score (nSPS) is 34.0. The molecule has 6 heteroatoms. The number of nitrogens with zero attached hydrogens (tertiary/aromatic N) is 1. The van der Waals surface area contributed by atoms with Gasteiger partial charge >= 0.3 is 11.9 Å². The molecule has 3 rings (SSSR count). The van der Waals surface area contributed by atoms with Crippen molar-refractivity contribution in [3.05, 3.63) is 24.2 Å². The average Bonchev–Trinajstić information content (AvgIpc) is 3.09. The van der Waals surface area contributed by atoms with Gasteiger partial charge < -0.3 is 9.52 Å². The van der Waals surface area contributed by atoms with Crippen molar-refractivity contribution < 1.29 is 19.1 Å². The van der Waals surface area contributed by atoms with Gasteiger partial charge in [0.15, 0.2) is 5.76 Å². The number of carboxylic acid groups (broad SMARTS) is 1. The first-order valence-electron chi connectivity index (χ1n) is 7.39.